The highest BCUT2D eigenvalue weighted by Gasteiger charge is 2.43. The van der Waals surface area contributed by atoms with Gasteiger partial charge in [0.25, 0.3) is 5.95 Å². The fraction of sp³-hybridized carbons (Fsp3) is 0.0741. The molecule has 37 heavy (non-hydrogen) atoms. The molecule has 0 aliphatic heterocycles. The van der Waals surface area contributed by atoms with Crippen LogP contribution in [0, 0.1) is 0 Å². The molecule has 8 nitrogen and oxygen atoms in total. The van der Waals surface area contributed by atoms with E-state index in [1.807, 2.05) is 30.3 Å². The van der Waals surface area contributed by atoms with Crippen molar-refractivity contribution in [1.82, 2.24) is 20.2 Å². The van der Waals surface area contributed by atoms with Crippen molar-refractivity contribution in [3.63, 3.8) is 0 Å². The lowest BCUT2D eigenvalue weighted by atomic mass is 10.1. The highest BCUT2D eigenvalue weighted by Crippen LogP contribution is 2.22. The Hall–Kier alpha value is -4.83. The third-order valence-electron chi connectivity index (χ3n) is 5.54. The number of carbonyl (C=O) groups excluding carboxylic acids is 1. The van der Waals surface area contributed by atoms with Gasteiger partial charge in [-0.3, -0.25) is 4.98 Å². The van der Waals surface area contributed by atoms with Gasteiger partial charge < -0.3 is 4.74 Å². The number of carbonyl (C=O) groups is 1. The Morgan fingerprint density at radius 3 is 2.43 bits per heavy atom. The van der Waals surface area contributed by atoms with Crippen molar-refractivity contribution in [2.75, 3.05) is 5.43 Å². The van der Waals surface area contributed by atoms with Crippen molar-refractivity contribution >= 4 is 22.8 Å². The number of amides is 1. The number of hydrogen-bond acceptors (Lipinski definition) is 7. The van der Waals surface area contributed by atoms with Crippen molar-refractivity contribution in [2.24, 2.45) is 0 Å². The first-order valence-corrected chi connectivity index (χ1v) is 11.4. The summed E-state index contributed by atoms with van der Waals surface area (Å²) in [4.78, 5) is 20.4. The number of hydrogen-bond donors (Lipinski definition) is 1. The van der Waals surface area contributed by atoms with Gasteiger partial charge in [-0.15, -0.1) is 15.6 Å². The molecular weight excluding hydrogens is 478 g/mol. The molecule has 1 amide bonds. The fourth-order valence-electron chi connectivity index (χ4n) is 3.62. The fourth-order valence-corrected chi connectivity index (χ4v) is 3.62. The Labute approximate surface area is 210 Å². The lowest BCUT2D eigenvalue weighted by molar-refractivity contribution is -1.09. The second-order valence-corrected chi connectivity index (χ2v) is 8.19. The molecule has 0 saturated carbocycles. The average Bonchev–Trinajstić information content (AvgIpc) is 2.93. The van der Waals surface area contributed by atoms with E-state index in [0.29, 0.717) is 34.7 Å². The van der Waals surface area contributed by atoms with E-state index in [2.05, 4.69) is 20.2 Å². The van der Waals surface area contributed by atoms with Gasteiger partial charge in [0, 0.05) is 17.1 Å². The normalized spacial score (nSPS) is 11.3. The molecule has 0 radical (unpaired) electrons. The molecular formula is C27H21F2N6O2+. The zero-order chi connectivity index (χ0) is 25.7. The first-order chi connectivity index (χ1) is 18.0. The summed E-state index contributed by atoms with van der Waals surface area (Å²) in [6, 6.07) is 25.3. The second kappa shape index (κ2) is 10.4. The third-order valence-corrected chi connectivity index (χ3v) is 5.54. The summed E-state index contributed by atoms with van der Waals surface area (Å²) in [6.07, 6.45) is 2.45. The van der Waals surface area contributed by atoms with Crippen LogP contribution in [0.2, 0.25) is 0 Å². The minimum Gasteiger partial charge on any atom is -0.489 e. The number of anilines is 1. The van der Waals surface area contributed by atoms with E-state index in [-0.39, 0.29) is 0 Å². The second-order valence-electron chi connectivity index (χ2n) is 8.19. The number of aromatic nitrogens is 4. The van der Waals surface area contributed by atoms with Crippen LogP contribution in [0.4, 0.5) is 14.9 Å². The zero-order valence-corrected chi connectivity index (χ0v) is 19.5. The topological polar surface area (TPSA) is 89.9 Å². The average molecular weight is 500 g/mol. The zero-order valence-electron chi connectivity index (χ0n) is 19.5. The van der Waals surface area contributed by atoms with Crippen LogP contribution >= 0.6 is 0 Å². The van der Waals surface area contributed by atoms with E-state index < -0.39 is 23.3 Å². The van der Waals surface area contributed by atoms with E-state index in [9.17, 15) is 13.8 Å². The smallest absolute Gasteiger partial charge is 0.422 e. The van der Waals surface area contributed by atoms with E-state index in [1.54, 1.807) is 66.2 Å². The van der Waals surface area contributed by atoms with Gasteiger partial charge in [-0.25, -0.2) is 9.78 Å². The van der Waals surface area contributed by atoms with Crippen LogP contribution in [0.1, 0.15) is 11.1 Å². The maximum Gasteiger partial charge on any atom is 0.422 e. The largest absolute Gasteiger partial charge is 0.489 e. The quantitative estimate of drug-likeness (QED) is 0.227. The van der Waals surface area contributed by atoms with E-state index >= 15 is 0 Å². The van der Waals surface area contributed by atoms with Gasteiger partial charge in [0.2, 0.25) is 5.04 Å². The summed E-state index contributed by atoms with van der Waals surface area (Å²) >= 11 is 0. The van der Waals surface area contributed by atoms with Crippen molar-refractivity contribution in [1.29, 1.82) is 0 Å². The highest BCUT2D eigenvalue weighted by molar-refractivity contribution is 5.81. The molecule has 0 aliphatic rings. The number of quaternary nitrogens is 1. The number of halogens is 2. The lowest BCUT2D eigenvalue weighted by Crippen LogP contribution is -2.44. The standard InChI is InChI=1S/C27H21F2N6O2/c28-35(29,26(36)16-20-8-13-24-22(15-20)7-4-14-30-24)34-27-31-17-25(32-33-27)21-9-11-23(12-10-21)37-18-19-5-2-1-3-6-19/h1-15,17H,16,18H2,(H,31,33,34)/q+1. The molecule has 0 spiro atoms. The van der Waals surface area contributed by atoms with Gasteiger partial charge in [0.1, 0.15) is 18.1 Å². The predicted molar refractivity (Wildman–Crippen MR) is 133 cm³/mol. The Morgan fingerprint density at radius 1 is 0.865 bits per heavy atom. The molecule has 10 heteroatoms. The SMILES string of the molecule is O=C(Cc1ccc2ncccc2c1)[N+](F)(F)Nc1ncc(-c2ccc(OCc3ccccc3)cc2)nn1. The molecule has 5 rings (SSSR count). The van der Waals surface area contributed by atoms with Crippen LogP contribution in [0.15, 0.2) is 97.3 Å². The van der Waals surface area contributed by atoms with Crippen LogP contribution in [0.5, 0.6) is 5.75 Å². The Kier molecular flexibility index (Phi) is 6.73. The molecule has 0 saturated heterocycles. The summed E-state index contributed by atoms with van der Waals surface area (Å²) in [5, 5.41) is 5.30. The van der Waals surface area contributed by atoms with Gasteiger partial charge in [0.15, 0.2) is 0 Å². The number of benzene rings is 3. The highest BCUT2D eigenvalue weighted by atomic mass is 19.4. The van der Waals surface area contributed by atoms with Crippen molar-refractivity contribution < 1.29 is 23.5 Å². The number of rotatable bonds is 8. The molecule has 1 N–H and O–H groups in total. The van der Waals surface area contributed by atoms with Crippen LogP contribution in [0.25, 0.3) is 22.2 Å². The number of fused-ring (bicyclic) bond motifs is 1. The van der Waals surface area contributed by atoms with Crippen LogP contribution in [-0.2, 0) is 17.8 Å². The van der Waals surface area contributed by atoms with Gasteiger partial charge in [-0.05, 0) is 53.6 Å². The number of pyridine rings is 1. The molecule has 184 valence electrons. The third kappa shape index (κ3) is 5.88. The van der Waals surface area contributed by atoms with Crippen LogP contribution in [-0.4, -0.2) is 31.1 Å². The summed E-state index contributed by atoms with van der Waals surface area (Å²) in [5.74, 6) is -1.18. The Balaban J connectivity index is 1.20. The maximum atomic E-state index is 14.5. The summed E-state index contributed by atoms with van der Waals surface area (Å²) < 4.78 is 34.8. The predicted octanol–water partition coefficient (Wildman–Crippen LogP) is 5.35. The number of ether oxygens (including phenoxy) is 1. The van der Waals surface area contributed by atoms with Gasteiger partial charge in [-0.2, -0.15) is 0 Å². The number of nitrogens with zero attached hydrogens (tertiary/aromatic N) is 5. The van der Waals surface area contributed by atoms with Crippen molar-refractivity contribution in [3.05, 3.63) is 108 Å². The molecule has 5 aromatic rings. The van der Waals surface area contributed by atoms with Crippen LogP contribution < -0.4 is 10.2 Å². The molecule has 2 aromatic heterocycles. The molecule has 0 unspecified atom stereocenters. The summed E-state index contributed by atoms with van der Waals surface area (Å²) in [5.41, 5.74) is 5.00. The van der Waals surface area contributed by atoms with Crippen LogP contribution in [0.3, 0.4) is 0 Å². The van der Waals surface area contributed by atoms with Gasteiger partial charge in [0.05, 0.1) is 27.1 Å². The van der Waals surface area contributed by atoms with E-state index in [4.69, 9.17) is 4.74 Å². The Morgan fingerprint density at radius 2 is 1.68 bits per heavy atom. The number of nitrogens with one attached hydrogen (secondary N) is 1. The maximum absolute atomic E-state index is 14.5. The molecule has 0 atom stereocenters. The Bertz CT molecular complexity index is 1510. The minimum atomic E-state index is -3.13. The van der Waals surface area contributed by atoms with E-state index in [1.165, 1.54) is 6.20 Å². The summed E-state index contributed by atoms with van der Waals surface area (Å²) in [6.45, 7) is 0.436. The van der Waals surface area contributed by atoms with Gasteiger partial charge >= 0.3 is 5.91 Å². The monoisotopic (exact) mass is 499 g/mol. The summed E-state index contributed by atoms with van der Waals surface area (Å²) in [7, 11) is 0. The van der Waals surface area contributed by atoms with E-state index in [0.717, 1.165) is 10.9 Å². The first-order valence-electron chi connectivity index (χ1n) is 11.4. The molecule has 0 bridgehead atoms. The first kappa shape index (κ1) is 23.9. The molecule has 3 aromatic carbocycles. The van der Waals surface area contributed by atoms with Gasteiger partial charge in [-0.1, -0.05) is 42.5 Å². The molecule has 2 heterocycles. The van der Waals surface area contributed by atoms with Crippen molar-refractivity contribution in [3.8, 4) is 17.0 Å². The minimum absolute atomic E-state index is 0.382. The lowest BCUT2D eigenvalue weighted by Gasteiger charge is -2.11. The molecule has 0 aliphatic carbocycles. The molecule has 0 fully saturated rings. The van der Waals surface area contributed by atoms with Crippen molar-refractivity contribution in [2.45, 2.75) is 13.0 Å².